The van der Waals surface area contributed by atoms with Crippen LogP contribution in [0, 0.1) is 0 Å². The predicted molar refractivity (Wildman–Crippen MR) is 112 cm³/mol. The molecular formula is C20H20Cl2N2O2S. The zero-order valence-electron chi connectivity index (χ0n) is 15.0. The molecule has 27 heavy (non-hydrogen) atoms. The van der Waals surface area contributed by atoms with Crippen molar-refractivity contribution in [3.63, 3.8) is 0 Å². The number of likely N-dealkylation sites (N-methyl/N-ethyl adjacent to an activating group) is 1. The molecule has 0 bridgehead atoms. The second kappa shape index (κ2) is 8.17. The molecule has 0 aliphatic heterocycles. The van der Waals surface area contributed by atoms with Gasteiger partial charge in [-0.3, -0.25) is 0 Å². The fourth-order valence-corrected chi connectivity index (χ4v) is 4.74. The average Bonchev–Trinajstić information content (AvgIpc) is 2.62. The summed E-state index contributed by atoms with van der Waals surface area (Å²) in [6, 6.07) is 17.4. The van der Waals surface area contributed by atoms with E-state index in [0.717, 1.165) is 10.9 Å². The number of nitrogens with zero attached hydrogens (tertiary/aromatic N) is 1. The van der Waals surface area contributed by atoms with Crippen LogP contribution in [-0.2, 0) is 10.0 Å². The minimum absolute atomic E-state index is 0.254. The van der Waals surface area contributed by atoms with Crippen molar-refractivity contribution in [2.45, 2.75) is 10.9 Å². The van der Waals surface area contributed by atoms with Crippen molar-refractivity contribution in [3.8, 4) is 0 Å². The van der Waals surface area contributed by atoms with Crippen LogP contribution >= 0.6 is 23.2 Å². The Morgan fingerprint density at radius 2 is 1.67 bits per heavy atom. The number of nitrogens with one attached hydrogen (secondary N) is 1. The third-order valence-electron chi connectivity index (χ3n) is 4.23. The number of sulfonamides is 1. The highest BCUT2D eigenvalue weighted by Crippen LogP contribution is 2.28. The molecule has 0 saturated heterocycles. The Morgan fingerprint density at radius 3 is 2.37 bits per heavy atom. The lowest BCUT2D eigenvalue weighted by atomic mass is 10.1. The molecule has 1 atom stereocenters. The van der Waals surface area contributed by atoms with Crippen molar-refractivity contribution in [1.82, 2.24) is 9.62 Å². The maximum atomic E-state index is 13.2. The second-order valence-corrected chi connectivity index (χ2v) is 9.08. The molecule has 0 unspecified atom stereocenters. The van der Waals surface area contributed by atoms with Crippen molar-refractivity contribution in [3.05, 3.63) is 76.3 Å². The van der Waals surface area contributed by atoms with Crippen LogP contribution in [0.1, 0.15) is 11.6 Å². The van der Waals surface area contributed by atoms with Gasteiger partial charge in [-0.2, -0.15) is 0 Å². The molecule has 0 fully saturated rings. The van der Waals surface area contributed by atoms with Gasteiger partial charge in [0.1, 0.15) is 0 Å². The topological polar surface area (TPSA) is 49.4 Å². The Labute approximate surface area is 169 Å². The normalized spacial score (nSPS) is 13.2. The van der Waals surface area contributed by atoms with E-state index in [9.17, 15) is 8.42 Å². The first-order valence-electron chi connectivity index (χ1n) is 8.38. The molecule has 0 radical (unpaired) electrons. The summed E-state index contributed by atoms with van der Waals surface area (Å²) in [5.74, 6) is 0. The first-order valence-corrected chi connectivity index (χ1v) is 10.6. The van der Waals surface area contributed by atoms with Gasteiger partial charge in [0.25, 0.3) is 0 Å². The van der Waals surface area contributed by atoms with E-state index >= 15 is 0 Å². The van der Waals surface area contributed by atoms with E-state index < -0.39 is 16.1 Å². The molecule has 3 aromatic carbocycles. The molecule has 7 heteroatoms. The SMILES string of the molecule is CN(C)C[C@H](NS(=O)(=O)c1cccc2ccccc12)c1ccc(Cl)c(Cl)c1. The van der Waals surface area contributed by atoms with E-state index in [4.69, 9.17) is 23.2 Å². The van der Waals surface area contributed by atoms with E-state index in [1.54, 1.807) is 30.3 Å². The van der Waals surface area contributed by atoms with Gasteiger partial charge in [0.15, 0.2) is 0 Å². The molecule has 3 aromatic rings. The van der Waals surface area contributed by atoms with Crippen LogP contribution in [0.4, 0.5) is 0 Å². The van der Waals surface area contributed by atoms with Gasteiger partial charge in [-0.05, 0) is 43.2 Å². The summed E-state index contributed by atoms with van der Waals surface area (Å²) in [6.45, 7) is 0.474. The lowest BCUT2D eigenvalue weighted by Gasteiger charge is -2.23. The van der Waals surface area contributed by atoms with Gasteiger partial charge in [0, 0.05) is 11.9 Å². The highest BCUT2D eigenvalue weighted by atomic mass is 35.5. The van der Waals surface area contributed by atoms with Crippen LogP contribution in [0.3, 0.4) is 0 Å². The predicted octanol–water partition coefficient (Wildman–Crippen LogP) is 4.73. The molecule has 0 aliphatic rings. The van der Waals surface area contributed by atoms with Crippen molar-refractivity contribution in [2.75, 3.05) is 20.6 Å². The zero-order chi connectivity index (χ0) is 19.6. The monoisotopic (exact) mass is 422 g/mol. The molecular weight excluding hydrogens is 403 g/mol. The summed E-state index contributed by atoms with van der Waals surface area (Å²) in [6.07, 6.45) is 0. The van der Waals surface area contributed by atoms with Crippen LogP contribution in [0.25, 0.3) is 10.8 Å². The van der Waals surface area contributed by atoms with Crippen LogP contribution in [0.15, 0.2) is 65.6 Å². The van der Waals surface area contributed by atoms with Gasteiger partial charge < -0.3 is 4.90 Å². The maximum absolute atomic E-state index is 13.2. The van der Waals surface area contributed by atoms with E-state index in [0.29, 0.717) is 22.0 Å². The molecule has 0 aliphatic carbocycles. The first-order chi connectivity index (χ1) is 12.8. The molecule has 0 aromatic heterocycles. The first kappa shape index (κ1) is 20.1. The lowest BCUT2D eigenvalue weighted by molar-refractivity contribution is 0.363. The number of fused-ring (bicyclic) bond motifs is 1. The van der Waals surface area contributed by atoms with E-state index in [-0.39, 0.29) is 4.90 Å². The van der Waals surface area contributed by atoms with Gasteiger partial charge >= 0.3 is 0 Å². The summed E-state index contributed by atoms with van der Waals surface area (Å²) in [7, 11) is 0.0157. The van der Waals surface area contributed by atoms with Gasteiger partial charge in [-0.1, -0.05) is 65.7 Å². The molecule has 0 heterocycles. The minimum Gasteiger partial charge on any atom is -0.307 e. The Kier molecular flexibility index (Phi) is 6.08. The van der Waals surface area contributed by atoms with Gasteiger partial charge in [-0.15, -0.1) is 0 Å². The third-order valence-corrected chi connectivity index (χ3v) is 6.50. The Balaban J connectivity index is 2.02. The number of hydrogen-bond donors (Lipinski definition) is 1. The van der Waals surface area contributed by atoms with Gasteiger partial charge in [0.05, 0.1) is 21.0 Å². The van der Waals surface area contributed by atoms with Crippen molar-refractivity contribution in [2.24, 2.45) is 0 Å². The summed E-state index contributed by atoms with van der Waals surface area (Å²) in [5.41, 5.74) is 0.752. The minimum atomic E-state index is -3.76. The van der Waals surface area contributed by atoms with E-state index in [2.05, 4.69) is 4.72 Å². The van der Waals surface area contributed by atoms with Crippen molar-refractivity contribution in [1.29, 1.82) is 0 Å². The van der Waals surface area contributed by atoms with Crippen LogP contribution in [0.2, 0.25) is 10.0 Å². The smallest absolute Gasteiger partial charge is 0.241 e. The quantitative estimate of drug-likeness (QED) is 0.624. The third kappa shape index (κ3) is 4.62. The molecule has 142 valence electrons. The fraction of sp³-hybridized carbons (Fsp3) is 0.200. The molecule has 0 amide bonds. The second-order valence-electron chi connectivity index (χ2n) is 6.59. The molecule has 4 nitrogen and oxygen atoms in total. The highest BCUT2D eigenvalue weighted by molar-refractivity contribution is 7.89. The summed E-state index contributed by atoms with van der Waals surface area (Å²) in [5, 5.41) is 2.38. The summed E-state index contributed by atoms with van der Waals surface area (Å²) in [4.78, 5) is 2.17. The lowest BCUT2D eigenvalue weighted by Crippen LogP contribution is -2.35. The summed E-state index contributed by atoms with van der Waals surface area (Å²) < 4.78 is 29.2. The van der Waals surface area contributed by atoms with Crippen molar-refractivity contribution < 1.29 is 8.42 Å². The molecule has 0 spiro atoms. The van der Waals surface area contributed by atoms with Crippen LogP contribution in [0.5, 0.6) is 0 Å². The Bertz CT molecular complexity index is 1060. The van der Waals surface area contributed by atoms with Crippen molar-refractivity contribution >= 4 is 44.0 Å². The number of rotatable bonds is 6. The van der Waals surface area contributed by atoms with Gasteiger partial charge in [-0.25, -0.2) is 13.1 Å². The zero-order valence-corrected chi connectivity index (χ0v) is 17.3. The van der Waals surface area contributed by atoms with E-state index in [1.807, 2.05) is 49.3 Å². The molecule has 0 saturated carbocycles. The van der Waals surface area contributed by atoms with Gasteiger partial charge in [0.2, 0.25) is 10.0 Å². The number of hydrogen-bond acceptors (Lipinski definition) is 3. The van der Waals surface area contributed by atoms with Crippen LogP contribution < -0.4 is 4.72 Å². The highest BCUT2D eigenvalue weighted by Gasteiger charge is 2.24. The number of benzene rings is 3. The number of halogens is 2. The summed E-state index contributed by atoms with van der Waals surface area (Å²) >= 11 is 12.1. The molecule has 3 rings (SSSR count). The maximum Gasteiger partial charge on any atom is 0.241 e. The molecule has 1 N–H and O–H groups in total. The Morgan fingerprint density at radius 1 is 0.963 bits per heavy atom. The van der Waals surface area contributed by atoms with E-state index in [1.165, 1.54) is 0 Å². The average molecular weight is 423 g/mol. The standard InChI is InChI=1S/C20H20Cl2N2O2S/c1-24(2)13-19(15-10-11-17(21)18(22)12-15)23-27(25,26)20-9-5-7-14-6-3-4-8-16(14)20/h3-12,19,23H,13H2,1-2H3/t19-/m0/s1. The Hall–Kier alpha value is -1.63. The fourth-order valence-electron chi connectivity index (χ4n) is 2.99. The largest absolute Gasteiger partial charge is 0.307 e. The van der Waals surface area contributed by atoms with Crippen LogP contribution in [-0.4, -0.2) is 34.0 Å².